The summed E-state index contributed by atoms with van der Waals surface area (Å²) < 4.78 is 0. The maximum atomic E-state index is 15.5. The number of primary amides is 1. The lowest BCUT2D eigenvalue weighted by Crippen LogP contribution is -2.61. The Balaban J connectivity index is 1.22. The van der Waals surface area contributed by atoms with Crippen LogP contribution in [-0.4, -0.2) is 277 Å². The normalized spacial score (nSPS) is 21.8. The third-order valence-corrected chi connectivity index (χ3v) is 23.2. The van der Waals surface area contributed by atoms with Gasteiger partial charge in [-0.3, -0.25) is 76.7 Å². The zero-order valence-corrected chi connectivity index (χ0v) is 75.3. The molecule has 0 radical (unpaired) electrons. The van der Waals surface area contributed by atoms with Crippen LogP contribution in [0, 0.1) is 11.8 Å². The maximum absolute atomic E-state index is 15.5. The van der Waals surface area contributed by atoms with Crippen molar-refractivity contribution >= 4 is 117 Å². The third-order valence-electron chi connectivity index (χ3n) is 22.2. The quantitative estimate of drug-likeness (QED) is 0.0436. The summed E-state index contributed by atoms with van der Waals surface area (Å²) in [6.45, 7) is 6.06. The van der Waals surface area contributed by atoms with Gasteiger partial charge in [0.15, 0.2) is 0 Å². The van der Waals surface area contributed by atoms with E-state index in [1.165, 1.54) is 122 Å². The maximum Gasteiger partial charge on any atom is 0.305 e. The topological polar surface area (TPSA) is 520 Å². The number of nitrogens with two attached hydrogens (primary N) is 1. The van der Waals surface area contributed by atoms with E-state index in [1.807, 2.05) is 6.92 Å². The molecular weight excluding hydrogens is 1690 g/mol. The number of aromatic nitrogens is 1. The van der Waals surface area contributed by atoms with Gasteiger partial charge in [-0.15, -0.1) is 11.8 Å². The Hall–Kier alpha value is -13.9. The number of aromatic amines is 1. The molecule has 130 heavy (non-hydrogen) atoms. The van der Waals surface area contributed by atoms with Gasteiger partial charge in [-0.05, 0) is 101 Å². The van der Waals surface area contributed by atoms with E-state index in [9.17, 15) is 58.8 Å². The average molecular weight is 1810 g/mol. The zero-order chi connectivity index (χ0) is 95.2. The molecule has 2 heterocycles. The van der Waals surface area contributed by atoms with Crippen LogP contribution in [-0.2, 0) is 115 Å². The number of nitrogens with one attached hydrogen (secondary N) is 10. The zero-order valence-electron chi connectivity index (χ0n) is 74.5. The van der Waals surface area contributed by atoms with Crippen LogP contribution in [0.5, 0.6) is 17.2 Å². The van der Waals surface area contributed by atoms with Crippen molar-refractivity contribution in [1.29, 1.82) is 0 Å². The molecule has 1 aromatic heterocycles. The number of aliphatic carboxylic acids is 1. The van der Waals surface area contributed by atoms with Crippen molar-refractivity contribution < 1.29 is 97.1 Å². The molecule has 1 aliphatic rings. The molecule has 11 atom stereocenters. The SMILES string of the molecule is CCCC[C@H]1C(=O)N(C)CC(=O)N[C@@H](CC(=O)O)C(=O)N[C@@H](C(C)C)C(=O)N(C)[C@@H](Cc2ccc(O)cc2)C(=O)N[C@@H](Cc2ccc(O)cc2)C(=O)N(C)CC(=O)N[C@@H](Cc2c[nH]c3ccccc23)C(=O)N[C@@H](Cc2ccc(O)cc2)C(=O)N[C@@H](CC(C)C)C(=O)N[C@H](C(=O)NCC(N)=O)CSCC(=O)N[C@@H](Cc2ccccc2)C(=O)N(C)[C@@H](Cc2ccccc2)C(=O)N1C. The number of benzene rings is 6. The summed E-state index contributed by atoms with van der Waals surface area (Å²) in [5.74, 6) is -18.0. The first-order chi connectivity index (χ1) is 61.8. The minimum Gasteiger partial charge on any atom is -0.508 e. The number of carbonyl (C=O) groups excluding carboxylic acids is 15. The lowest BCUT2D eigenvalue weighted by atomic mass is 9.98. The predicted octanol–water partition coefficient (Wildman–Crippen LogP) is 2.03. The molecule has 0 saturated carbocycles. The Kier molecular flexibility index (Phi) is 38.2. The van der Waals surface area contributed by atoms with Crippen molar-refractivity contribution in [1.82, 2.24) is 77.3 Å². The fraction of sp³-hybridized carbons (Fsp3) is 0.419. The number of likely N-dealkylation sites (N-methyl/N-ethyl adjacent to an activating group) is 5. The highest BCUT2D eigenvalue weighted by Crippen LogP contribution is 2.25. The van der Waals surface area contributed by atoms with Gasteiger partial charge in [0.1, 0.15) is 83.7 Å². The van der Waals surface area contributed by atoms with Crippen molar-refractivity contribution in [2.24, 2.45) is 17.6 Å². The van der Waals surface area contributed by atoms with Crippen molar-refractivity contribution in [3.05, 3.63) is 197 Å². The summed E-state index contributed by atoms with van der Waals surface area (Å²) in [5, 5.41) is 65.8. The van der Waals surface area contributed by atoms with Crippen LogP contribution in [0.2, 0.25) is 0 Å². The van der Waals surface area contributed by atoms with E-state index < -0.39 is 205 Å². The third kappa shape index (κ3) is 30.4. The van der Waals surface area contributed by atoms with Gasteiger partial charge in [0.05, 0.1) is 31.8 Å². The summed E-state index contributed by atoms with van der Waals surface area (Å²) in [5.41, 5.74) is 8.89. The molecule has 696 valence electrons. The number of aromatic hydroxyl groups is 3. The van der Waals surface area contributed by atoms with Gasteiger partial charge in [0.25, 0.3) is 0 Å². The smallest absolute Gasteiger partial charge is 0.305 e. The summed E-state index contributed by atoms with van der Waals surface area (Å²) in [7, 11) is 6.44. The molecule has 0 aliphatic carbocycles. The van der Waals surface area contributed by atoms with E-state index in [0.717, 1.165) is 36.3 Å². The largest absolute Gasteiger partial charge is 0.508 e. The van der Waals surface area contributed by atoms with E-state index >= 15 is 38.4 Å². The molecule has 0 unspecified atom stereocenters. The highest BCUT2D eigenvalue weighted by Gasteiger charge is 2.42. The van der Waals surface area contributed by atoms with Crippen LogP contribution in [0.25, 0.3) is 10.9 Å². The van der Waals surface area contributed by atoms with Crippen LogP contribution < -0.4 is 53.6 Å². The molecule has 37 heteroatoms. The number of para-hydroxylation sites is 1. The summed E-state index contributed by atoms with van der Waals surface area (Å²) >= 11 is 0.824. The van der Waals surface area contributed by atoms with Crippen LogP contribution in [0.1, 0.15) is 100 Å². The molecule has 1 saturated heterocycles. The van der Waals surface area contributed by atoms with Crippen molar-refractivity contribution in [3.8, 4) is 17.2 Å². The van der Waals surface area contributed by atoms with E-state index in [4.69, 9.17) is 5.73 Å². The summed E-state index contributed by atoms with van der Waals surface area (Å²) in [6.07, 6.45) is -0.159. The number of nitrogens with zero attached hydrogens (tertiary/aromatic N) is 5. The van der Waals surface area contributed by atoms with Crippen LogP contribution in [0.4, 0.5) is 0 Å². The molecule has 36 nitrogen and oxygen atoms in total. The van der Waals surface area contributed by atoms with Gasteiger partial charge in [0, 0.05) is 96.6 Å². The number of carboxylic acids is 1. The summed E-state index contributed by atoms with van der Waals surface area (Å²) in [6, 6.07) is 23.9. The molecule has 15 amide bonds. The van der Waals surface area contributed by atoms with Crippen molar-refractivity contribution in [2.45, 2.75) is 172 Å². The lowest BCUT2D eigenvalue weighted by molar-refractivity contribution is -0.151. The van der Waals surface area contributed by atoms with Gasteiger partial charge in [-0.25, -0.2) is 0 Å². The average Bonchev–Trinajstić information content (AvgIpc) is 1.25. The fourth-order valence-electron chi connectivity index (χ4n) is 15.0. The highest BCUT2D eigenvalue weighted by atomic mass is 32.2. The molecule has 6 aromatic carbocycles. The number of unbranched alkanes of at least 4 members (excludes halogenated alkanes) is 1. The number of phenolic OH excluding ortho intramolecular Hbond substituents is 3. The number of hydrogen-bond acceptors (Lipinski definition) is 20. The van der Waals surface area contributed by atoms with E-state index in [2.05, 4.69) is 52.8 Å². The van der Waals surface area contributed by atoms with E-state index in [0.29, 0.717) is 57.1 Å². The van der Waals surface area contributed by atoms with Crippen molar-refractivity contribution in [3.63, 3.8) is 0 Å². The predicted molar refractivity (Wildman–Crippen MR) is 484 cm³/mol. The van der Waals surface area contributed by atoms with Crippen LogP contribution in [0.3, 0.4) is 0 Å². The number of rotatable bonds is 23. The Labute approximate surface area is 758 Å². The van der Waals surface area contributed by atoms with Gasteiger partial charge >= 0.3 is 5.97 Å². The molecule has 8 rings (SSSR count). The first-order valence-corrected chi connectivity index (χ1v) is 44.0. The number of hydrogen-bond donors (Lipinski definition) is 15. The number of H-pyrrole nitrogens is 1. The molecule has 16 N–H and O–H groups in total. The molecule has 7 aromatic rings. The minimum absolute atomic E-state index is 0.0196. The molecule has 1 fully saturated rings. The van der Waals surface area contributed by atoms with Crippen LogP contribution >= 0.6 is 11.8 Å². The Bertz CT molecular complexity index is 5120. The first kappa shape index (κ1) is 102. The monoisotopic (exact) mass is 1810 g/mol. The first-order valence-electron chi connectivity index (χ1n) is 42.8. The van der Waals surface area contributed by atoms with Gasteiger partial charge in [-0.1, -0.05) is 163 Å². The lowest BCUT2D eigenvalue weighted by Gasteiger charge is -2.37. The number of phenols is 3. The summed E-state index contributed by atoms with van der Waals surface area (Å²) in [4.78, 5) is 243. The molecule has 0 spiro atoms. The van der Waals surface area contributed by atoms with Crippen LogP contribution in [0.15, 0.2) is 164 Å². The van der Waals surface area contributed by atoms with E-state index in [1.54, 1.807) is 105 Å². The standard InChI is InChI=1S/C93H118N16O20S/c1-11-12-27-74-91(127)106(7)51-79(115)98-70(47-81(117)118)87(123)104-82(55(4)5)93(129)108(9)75(44-60-32-38-64(112)39-33-60)88(124)102-71(43-59-30-36-63(111)37-31-59)89(125)105(6)50-78(114)97-69(46-61-48-95-66-26-20-19-25-65(61)66)86(122)101-68(41-58-28-34-62(110)35-29-58)85(121)100-67(40-54(2)3)84(120)103-73(83(119)96-49-77(94)113)52-130-53-80(116)99-72(42-56-21-15-13-16-22-56)90(126)109(10)76(92(128)107(74)8)45-57-23-17-14-18-24-57/h13-26,28-39,48,54-55,67-76,82,95,110-112H,11-12,27,40-47,49-53H2,1-10H3,(H2,94,113)(H,96,119)(H,97,114)(H,98,115)(H,99,116)(H,100,121)(H,101,122)(H,102,124)(H,103,120)(H,104,123)(H,117,118)/t67-,68-,69-,70-,71-,72-,73-,74-,75-,76-,82-/m0/s1. The number of fused-ring (bicyclic) bond motifs is 1. The fourth-order valence-corrected chi connectivity index (χ4v) is 15.8. The Morgan fingerprint density at radius 3 is 1.43 bits per heavy atom. The van der Waals surface area contributed by atoms with Gasteiger partial charge in [0.2, 0.25) is 88.6 Å². The van der Waals surface area contributed by atoms with Gasteiger partial charge < -0.3 is 103 Å². The second kappa shape index (κ2) is 48.9. The second-order valence-electron chi connectivity index (χ2n) is 33.2. The molecular formula is C93H118N16O20S. The minimum atomic E-state index is -1.93. The highest BCUT2D eigenvalue weighted by molar-refractivity contribution is 8.00. The Morgan fingerprint density at radius 2 is 0.892 bits per heavy atom. The van der Waals surface area contributed by atoms with E-state index in [-0.39, 0.29) is 74.5 Å². The Morgan fingerprint density at radius 1 is 0.454 bits per heavy atom. The molecule has 1 aliphatic heterocycles. The van der Waals surface area contributed by atoms with Gasteiger partial charge in [-0.2, -0.15) is 0 Å². The second-order valence-corrected chi connectivity index (χ2v) is 34.3. The van der Waals surface area contributed by atoms with Crippen molar-refractivity contribution in [2.75, 3.05) is 66.4 Å². The number of carboxylic acid groups (broad SMARTS) is 1. The molecule has 0 bridgehead atoms. The number of carbonyl (C=O) groups is 16. The number of thioether (sulfide) groups is 1. The number of amides is 15.